The van der Waals surface area contributed by atoms with Gasteiger partial charge < -0.3 is 29.4 Å². The molecule has 0 unspecified atom stereocenters. The molecule has 364 valence electrons. The zero-order valence-corrected chi connectivity index (χ0v) is 37.0. The molecule has 0 radical (unpaired) electrons. The maximum atomic E-state index is 16.8. The molecule has 0 saturated carbocycles. The molecule has 4 aromatic heterocycles. The molecule has 0 spiro atoms. The number of nitro groups is 1. The van der Waals surface area contributed by atoms with Crippen LogP contribution in [0.5, 0.6) is 5.75 Å². The maximum Gasteiger partial charge on any atom is 0.382 e. The Balaban J connectivity index is 0.915. The molecule has 3 aromatic carbocycles. The van der Waals surface area contributed by atoms with Crippen molar-refractivity contribution in [3.05, 3.63) is 131 Å². The molecule has 2 aliphatic heterocycles. The summed E-state index contributed by atoms with van der Waals surface area (Å²) in [4.78, 5) is 60.9. The monoisotopic (exact) mass is 1010 g/mol. The van der Waals surface area contributed by atoms with Crippen molar-refractivity contribution in [1.29, 1.82) is 0 Å². The molecule has 7 aromatic rings. The largest absolute Gasteiger partial charge is 0.387 e. The van der Waals surface area contributed by atoms with Crippen LogP contribution in [0.4, 0.5) is 26.1 Å². The highest BCUT2D eigenvalue weighted by Crippen LogP contribution is 2.38. The predicted molar refractivity (Wildman–Crippen MR) is 235 cm³/mol. The van der Waals surface area contributed by atoms with E-state index in [1.807, 2.05) is 9.44 Å². The van der Waals surface area contributed by atoms with Crippen LogP contribution in [0, 0.1) is 10.1 Å². The molecule has 6 heterocycles. The molecular weight excluding hydrogens is 973 g/mol. The number of amides is 2. The number of aliphatic hydroxyl groups excluding tert-OH is 1. The van der Waals surface area contributed by atoms with Crippen LogP contribution >= 0.6 is 0 Å². The number of halogens is 2. The molecule has 70 heavy (non-hydrogen) atoms. The van der Waals surface area contributed by atoms with Crippen LogP contribution in [0.2, 0.25) is 0 Å². The highest BCUT2D eigenvalue weighted by atomic mass is 32.2. The van der Waals surface area contributed by atoms with Gasteiger partial charge in [0.15, 0.2) is 58.8 Å². The normalized spacial score (nSPS) is 22.6. The highest BCUT2D eigenvalue weighted by molar-refractivity contribution is 7.85. The van der Waals surface area contributed by atoms with Crippen molar-refractivity contribution in [3.63, 3.8) is 0 Å². The zero-order valence-electron chi connectivity index (χ0n) is 35.4. The fourth-order valence-corrected chi connectivity index (χ4v) is 9.17. The quantitative estimate of drug-likeness (QED) is 0.0644. The van der Waals surface area contributed by atoms with Crippen LogP contribution in [-0.4, -0.2) is 128 Å². The van der Waals surface area contributed by atoms with Crippen molar-refractivity contribution in [2.24, 2.45) is 0 Å². The molecule has 2 amide bonds. The number of carbonyl (C=O) groups is 2. The highest BCUT2D eigenvalue weighted by Gasteiger charge is 2.51. The Morgan fingerprint density at radius 3 is 1.70 bits per heavy atom. The molecule has 2 aliphatic rings. The number of aliphatic hydroxyl groups is 1. The van der Waals surface area contributed by atoms with Gasteiger partial charge in [0, 0.05) is 36.3 Å². The zero-order chi connectivity index (χ0) is 49.3. The van der Waals surface area contributed by atoms with Gasteiger partial charge in [0.1, 0.15) is 42.8 Å². The number of nitrogens with one attached hydrogen (secondary N) is 4. The number of imidazole rings is 2. The summed E-state index contributed by atoms with van der Waals surface area (Å²) in [5.41, 5.74) is 0.0898. The number of benzene rings is 3. The standard InChI is InChI=1S/C40H35F2N13O13S2/c41-27-31(56)25(65-39(27)53-19-47-29-33(43-17-45-35(29)53)51-37(57)21-7-3-1-4-8-21)15-49-70(63,64)68-32-26(16-50-69(61,62)67-24-13-11-23(12-14-24)55(59)60)66-40(28(32)42)54-20-48-30-34(44-18-46-36(30)54)52-38(58)22-9-5-2-6-10-22/h1-14,17-20,25-28,31-32,39-40,49-50,56H,15-16H2,(H,43,45,51,57)(H,44,46,52,58)/t25-,26-,27-,28-,31-,32-,39-,40-/m1/s1. The van der Waals surface area contributed by atoms with Crippen LogP contribution in [0.15, 0.2) is 110 Å². The number of alkyl halides is 2. The van der Waals surface area contributed by atoms with Crippen LogP contribution in [0.25, 0.3) is 22.3 Å². The summed E-state index contributed by atoms with van der Waals surface area (Å²) in [5, 5.41) is 27.1. The second kappa shape index (κ2) is 19.4. The third-order valence-electron chi connectivity index (χ3n) is 10.8. The van der Waals surface area contributed by atoms with Crippen molar-refractivity contribution < 1.29 is 63.1 Å². The number of anilines is 2. The van der Waals surface area contributed by atoms with Gasteiger partial charge in [-0.1, -0.05) is 36.4 Å². The van der Waals surface area contributed by atoms with Gasteiger partial charge in [-0.25, -0.2) is 42.9 Å². The second-order valence-electron chi connectivity index (χ2n) is 15.2. The first kappa shape index (κ1) is 47.5. The molecule has 0 aliphatic carbocycles. The van der Waals surface area contributed by atoms with Gasteiger partial charge in [-0.15, -0.1) is 0 Å². The van der Waals surface area contributed by atoms with E-state index in [9.17, 15) is 41.6 Å². The number of nitro benzene ring substituents is 1. The second-order valence-corrected chi connectivity index (χ2v) is 18.0. The van der Waals surface area contributed by atoms with E-state index in [1.54, 1.807) is 60.7 Å². The average molecular weight is 1010 g/mol. The minimum atomic E-state index is -5.13. The van der Waals surface area contributed by atoms with Crippen molar-refractivity contribution >= 4 is 72.1 Å². The Morgan fingerprint density at radius 1 is 0.686 bits per heavy atom. The molecule has 26 nitrogen and oxygen atoms in total. The summed E-state index contributed by atoms with van der Waals surface area (Å²) < 4.78 is 114. The van der Waals surface area contributed by atoms with Gasteiger partial charge >= 0.3 is 20.6 Å². The Morgan fingerprint density at radius 2 is 1.17 bits per heavy atom. The summed E-state index contributed by atoms with van der Waals surface area (Å²) in [6.45, 7) is -1.75. The minimum Gasteiger partial charge on any atom is -0.387 e. The van der Waals surface area contributed by atoms with Gasteiger partial charge in [-0.2, -0.15) is 26.3 Å². The number of hydrogen-bond donors (Lipinski definition) is 5. The summed E-state index contributed by atoms with van der Waals surface area (Å²) in [6, 6.07) is 20.2. The van der Waals surface area contributed by atoms with E-state index in [0.29, 0.717) is 5.56 Å². The Labute approximate surface area is 392 Å². The van der Waals surface area contributed by atoms with E-state index in [0.717, 1.165) is 58.7 Å². The molecular formula is C40H35F2N13O13S2. The van der Waals surface area contributed by atoms with E-state index >= 15 is 8.78 Å². The topological polar surface area (TPSA) is 338 Å². The molecule has 30 heteroatoms. The van der Waals surface area contributed by atoms with Gasteiger partial charge in [0.2, 0.25) is 0 Å². The Bertz CT molecular complexity index is 3310. The van der Waals surface area contributed by atoms with E-state index in [4.69, 9.17) is 17.8 Å². The fourth-order valence-electron chi connectivity index (χ4n) is 7.42. The summed E-state index contributed by atoms with van der Waals surface area (Å²) in [7, 11) is -9.94. The first-order valence-electron chi connectivity index (χ1n) is 20.5. The lowest BCUT2D eigenvalue weighted by Crippen LogP contribution is -2.45. The predicted octanol–water partition coefficient (Wildman–Crippen LogP) is 2.04. The van der Waals surface area contributed by atoms with Gasteiger partial charge in [-0.05, 0) is 36.4 Å². The third-order valence-corrected chi connectivity index (χ3v) is 12.7. The van der Waals surface area contributed by atoms with Crippen molar-refractivity contribution in [2.45, 2.75) is 49.2 Å². The van der Waals surface area contributed by atoms with E-state index in [2.05, 4.69) is 40.5 Å². The number of rotatable bonds is 17. The van der Waals surface area contributed by atoms with Crippen LogP contribution in [0.1, 0.15) is 33.2 Å². The molecule has 0 bridgehead atoms. The summed E-state index contributed by atoms with van der Waals surface area (Å²) in [6.07, 6.45) is -11.3. The van der Waals surface area contributed by atoms with E-state index < -0.39 is 99.7 Å². The Kier molecular flexibility index (Phi) is 13.2. The number of non-ortho nitro benzene ring substituents is 1. The van der Waals surface area contributed by atoms with Crippen molar-refractivity contribution in [3.8, 4) is 5.75 Å². The lowest BCUT2D eigenvalue weighted by atomic mass is 10.1. The van der Waals surface area contributed by atoms with E-state index in [1.165, 1.54) is 0 Å². The minimum absolute atomic E-state index is 0.0161. The SMILES string of the molecule is O=C(Nc1ncnc2c1ncn2[C@@H]1O[C@H](CNS(=O)(=O)O[C@H]2[C@@H](F)[C@H](n3cnc4c(NC(=O)c5ccccc5)ncnc43)O[C@@H]2CNS(=O)(=O)Oc2ccc([N+](=O)[O-])cc2)[C@@H](O)[C@H]1F)c1ccccc1. The van der Waals surface area contributed by atoms with Crippen LogP contribution in [-0.2, 0) is 34.3 Å². The van der Waals surface area contributed by atoms with Crippen LogP contribution < -0.4 is 24.3 Å². The number of fused-ring (bicyclic) bond motifs is 2. The maximum absolute atomic E-state index is 16.8. The summed E-state index contributed by atoms with van der Waals surface area (Å²) in [5.74, 6) is -1.55. The molecule has 2 fully saturated rings. The van der Waals surface area contributed by atoms with Crippen LogP contribution in [0.3, 0.4) is 0 Å². The molecule has 5 N–H and O–H groups in total. The van der Waals surface area contributed by atoms with Crippen molar-refractivity contribution in [2.75, 3.05) is 23.7 Å². The molecule has 9 rings (SSSR count). The summed E-state index contributed by atoms with van der Waals surface area (Å²) >= 11 is 0. The number of nitrogens with zero attached hydrogens (tertiary/aromatic N) is 9. The average Bonchev–Trinajstić information content (AvgIpc) is 4.12. The lowest BCUT2D eigenvalue weighted by molar-refractivity contribution is -0.384. The number of aromatic nitrogens is 8. The first-order valence-corrected chi connectivity index (χ1v) is 23.3. The smallest absolute Gasteiger partial charge is 0.382 e. The van der Waals surface area contributed by atoms with Gasteiger partial charge in [-0.3, -0.25) is 28.8 Å². The number of ether oxygens (including phenoxy) is 2. The van der Waals surface area contributed by atoms with E-state index in [-0.39, 0.29) is 51.0 Å². The van der Waals surface area contributed by atoms with Crippen molar-refractivity contribution in [1.82, 2.24) is 48.5 Å². The fraction of sp³-hybridized carbons (Fsp3) is 0.250. The lowest BCUT2D eigenvalue weighted by Gasteiger charge is -2.21. The Hall–Kier alpha value is -7.58. The number of hydrogen-bond acceptors (Lipinski definition) is 19. The van der Waals surface area contributed by atoms with Gasteiger partial charge in [0.05, 0.1) is 17.6 Å². The number of carbonyl (C=O) groups excluding carboxylic acids is 2. The van der Waals surface area contributed by atoms with Gasteiger partial charge in [0.25, 0.3) is 17.5 Å². The first-order chi connectivity index (χ1) is 33.6. The third kappa shape index (κ3) is 9.95. The molecule has 8 atom stereocenters. The molecule has 2 saturated heterocycles.